The number of aryl methyl sites for hydroxylation is 1. The van der Waals surface area contributed by atoms with Crippen molar-refractivity contribution in [2.75, 3.05) is 33.2 Å². The third-order valence-corrected chi connectivity index (χ3v) is 6.10. The van der Waals surface area contributed by atoms with Crippen LogP contribution in [-0.2, 0) is 6.42 Å². The molecule has 5 nitrogen and oxygen atoms in total. The highest BCUT2D eigenvalue weighted by molar-refractivity contribution is 14.0. The molecule has 7 heteroatoms. The SMILES string of the molecule is CN=C(NCCc1ncc(C)s1)NC1CCN(CC2CCCC2)C1.I. The number of guanidine groups is 1. The molecule has 1 aliphatic heterocycles. The van der Waals surface area contributed by atoms with Gasteiger partial charge in [0.2, 0.25) is 0 Å². The van der Waals surface area contributed by atoms with Gasteiger partial charge in [-0.25, -0.2) is 4.98 Å². The summed E-state index contributed by atoms with van der Waals surface area (Å²) in [5.41, 5.74) is 0. The van der Waals surface area contributed by atoms with E-state index < -0.39 is 0 Å². The number of hydrogen-bond acceptors (Lipinski definition) is 4. The number of hydrogen-bond donors (Lipinski definition) is 2. The molecule has 25 heavy (non-hydrogen) atoms. The molecule has 1 aromatic heterocycles. The summed E-state index contributed by atoms with van der Waals surface area (Å²) in [6, 6.07) is 0.528. The van der Waals surface area contributed by atoms with Crippen LogP contribution in [0, 0.1) is 12.8 Å². The first-order chi connectivity index (χ1) is 11.7. The molecule has 1 saturated heterocycles. The van der Waals surface area contributed by atoms with Gasteiger partial charge in [0.15, 0.2) is 5.96 Å². The van der Waals surface area contributed by atoms with E-state index in [1.807, 2.05) is 13.2 Å². The van der Waals surface area contributed by atoms with Crippen LogP contribution in [0.3, 0.4) is 0 Å². The van der Waals surface area contributed by atoms with Gasteiger partial charge in [0.05, 0.1) is 5.01 Å². The second kappa shape index (κ2) is 10.7. The monoisotopic (exact) mass is 477 g/mol. The highest BCUT2D eigenvalue weighted by atomic mass is 127. The predicted octanol–water partition coefficient (Wildman–Crippen LogP) is 3.04. The van der Waals surface area contributed by atoms with Crippen LogP contribution >= 0.6 is 35.3 Å². The lowest BCUT2D eigenvalue weighted by molar-refractivity contribution is 0.275. The van der Waals surface area contributed by atoms with E-state index in [9.17, 15) is 0 Å². The zero-order valence-corrected chi connectivity index (χ0v) is 18.6. The Hall–Kier alpha value is -0.410. The summed E-state index contributed by atoms with van der Waals surface area (Å²) < 4.78 is 0. The molecule has 2 aliphatic rings. The van der Waals surface area contributed by atoms with Crippen molar-refractivity contribution in [3.63, 3.8) is 0 Å². The zero-order valence-electron chi connectivity index (χ0n) is 15.5. The van der Waals surface area contributed by atoms with Crippen molar-refractivity contribution in [2.45, 2.75) is 51.5 Å². The highest BCUT2D eigenvalue weighted by Gasteiger charge is 2.26. The Kier molecular flexibility index (Phi) is 8.92. The maximum Gasteiger partial charge on any atom is 0.191 e. The smallest absolute Gasteiger partial charge is 0.191 e. The minimum Gasteiger partial charge on any atom is -0.356 e. The van der Waals surface area contributed by atoms with Crippen LogP contribution in [0.4, 0.5) is 0 Å². The quantitative estimate of drug-likeness (QED) is 0.376. The van der Waals surface area contributed by atoms with Crippen molar-refractivity contribution in [3.8, 4) is 0 Å². The Bertz CT molecular complexity index is 541. The van der Waals surface area contributed by atoms with Gasteiger partial charge in [-0.3, -0.25) is 4.99 Å². The van der Waals surface area contributed by atoms with Crippen LogP contribution in [0.5, 0.6) is 0 Å². The topological polar surface area (TPSA) is 52.6 Å². The lowest BCUT2D eigenvalue weighted by atomic mass is 10.1. The van der Waals surface area contributed by atoms with Gasteiger partial charge in [-0.15, -0.1) is 35.3 Å². The second-order valence-electron chi connectivity index (χ2n) is 7.15. The first-order valence-corrected chi connectivity index (χ1v) is 10.2. The van der Waals surface area contributed by atoms with Crippen LogP contribution < -0.4 is 10.6 Å². The number of thiazole rings is 1. The van der Waals surface area contributed by atoms with E-state index in [0.717, 1.165) is 31.4 Å². The predicted molar refractivity (Wildman–Crippen MR) is 117 cm³/mol. The van der Waals surface area contributed by atoms with Gasteiger partial charge in [0, 0.05) is 56.8 Å². The maximum absolute atomic E-state index is 4.41. The van der Waals surface area contributed by atoms with Gasteiger partial charge >= 0.3 is 0 Å². The van der Waals surface area contributed by atoms with E-state index in [0.29, 0.717) is 6.04 Å². The fraction of sp³-hybridized carbons (Fsp3) is 0.778. The molecule has 0 bridgehead atoms. The summed E-state index contributed by atoms with van der Waals surface area (Å²) in [5.74, 6) is 1.87. The lowest BCUT2D eigenvalue weighted by Crippen LogP contribution is -2.45. The average molecular weight is 477 g/mol. The molecule has 1 aliphatic carbocycles. The fourth-order valence-electron chi connectivity index (χ4n) is 3.87. The Morgan fingerprint density at radius 1 is 1.36 bits per heavy atom. The number of aromatic nitrogens is 1. The molecule has 0 spiro atoms. The first kappa shape index (κ1) is 20.9. The molecule has 2 fully saturated rings. The normalized spacial score (nSPS) is 22.2. The third-order valence-electron chi connectivity index (χ3n) is 5.13. The van der Waals surface area contributed by atoms with E-state index in [2.05, 4.69) is 32.4 Å². The summed E-state index contributed by atoms with van der Waals surface area (Å²) in [4.78, 5) is 12.7. The molecule has 0 aromatic carbocycles. The van der Waals surface area contributed by atoms with Gasteiger partial charge in [-0.2, -0.15) is 0 Å². The van der Waals surface area contributed by atoms with Gasteiger partial charge in [0.1, 0.15) is 0 Å². The molecule has 1 aromatic rings. The zero-order chi connectivity index (χ0) is 16.8. The van der Waals surface area contributed by atoms with Crippen LogP contribution in [0.15, 0.2) is 11.2 Å². The van der Waals surface area contributed by atoms with Crippen molar-refractivity contribution in [3.05, 3.63) is 16.1 Å². The number of likely N-dealkylation sites (tertiary alicyclic amines) is 1. The molecule has 1 saturated carbocycles. The van der Waals surface area contributed by atoms with Crippen LogP contribution in [-0.4, -0.2) is 55.1 Å². The molecular weight excluding hydrogens is 445 g/mol. The minimum absolute atomic E-state index is 0. The number of aliphatic imine (C=N–C) groups is 1. The highest BCUT2D eigenvalue weighted by Crippen LogP contribution is 2.26. The van der Waals surface area contributed by atoms with Crippen molar-refractivity contribution in [1.29, 1.82) is 0 Å². The van der Waals surface area contributed by atoms with E-state index >= 15 is 0 Å². The van der Waals surface area contributed by atoms with Gasteiger partial charge in [0.25, 0.3) is 0 Å². The van der Waals surface area contributed by atoms with Crippen LogP contribution in [0.1, 0.15) is 42.0 Å². The number of rotatable bonds is 6. The molecule has 2 heterocycles. The number of halogens is 1. The summed E-state index contributed by atoms with van der Waals surface area (Å²) >= 11 is 1.78. The Balaban J connectivity index is 0.00000225. The van der Waals surface area contributed by atoms with E-state index in [-0.39, 0.29) is 24.0 Å². The molecule has 2 N–H and O–H groups in total. The molecular formula is C18H32IN5S. The van der Waals surface area contributed by atoms with Crippen molar-refractivity contribution in [1.82, 2.24) is 20.5 Å². The fourth-order valence-corrected chi connectivity index (χ4v) is 4.65. The maximum atomic E-state index is 4.41. The molecule has 0 radical (unpaired) electrons. The largest absolute Gasteiger partial charge is 0.356 e. The van der Waals surface area contributed by atoms with E-state index in [1.165, 1.54) is 55.1 Å². The Labute approximate surface area is 173 Å². The Morgan fingerprint density at radius 2 is 2.16 bits per heavy atom. The number of nitrogens with one attached hydrogen (secondary N) is 2. The van der Waals surface area contributed by atoms with Gasteiger partial charge < -0.3 is 15.5 Å². The second-order valence-corrected chi connectivity index (χ2v) is 8.47. The Morgan fingerprint density at radius 3 is 2.84 bits per heavy atom. The summed E-state index contributed by atoms with van der Waals surface area (Å²) in [6.45, 7) is 6.66. The minimum atomic E-state index is 0. The van der Waals surface area contributed by atoms with E-state index in [4.69, 9.17) is 0 Å². The van der Waals surface area contributed by atoms with E-state index in [1.54, 1.807) is 11.3 Å². The van der Waals surface area contributed by atoms with Crippen molar-refractivity contribution < 1.29 is 0 Å². The first-order valence-electron chi connectivity index (χ1n) is 9.34. The lowest BCUT2D eigenvalue weighted by Gasteiger charge is -2.21. The van der Waals surface area contributed by atoms with Gasteiger partial charge in [-0.05, 0) is 32.1 Å². The molecule has 0 amide bonds. The summed E-state index contributed by atoms with van der Waals surface area (Å²) in [5, 5.41) is 8.21. The third kappa shape index (κ3) is 6.67. The average Bonchev–Trinajstić information content (AvgIpc) is 3.30. The van der Waals surface area contributed by atoms with Crippen LogP contribution in [0.2, 0.25) is 0 Å². The molecule has 3 rings (SSSR count). The number of nitrogens with zero attached hydrogens (tertiary/aromatic N) is 3. The summed E-state index contributed by atoms with van der Waals surface area (Å²) in [6.07, 6.45) is 9.88. The van der Waals surface area contributed by atoms with Crippen molar-refractivity contribution >= 4 is 41.3 Å². The van der Waals surface area contributed by atoms with Gasteiger partial charge in [-0.1, -0.05) is 12.8 Å². The molecule has 1 unspecified atom stereocenters. The molecule has 142 valence electrons. The summed E-state index contributed by atoms with van der Waals surface area (Å²) in [7, 11) is 1.86. The standard InChI is InChI=1S/C18H31N5S.HI/c1-14-11-21-17(24-14)7-9-20-18(19-2)22-16-8-10-23(13-16)12-15-5-3-4-6-15;/h11,15-16H,3-10,12-13H2,1-2H3,(H2,19,20,22);1H. The van der Waals surface area contributed by atoms with Crippen LogP contribution in [0.25, 0.3) is 0 Å². The molecule has 1 atom stereocenters. The van der Waals surface area contributed by atoms with Crippen molar-refractivity contribution in [2.24, 2.45) is 10.9 Å².